The highest BCUT2D eigenvalue weighted by atomic mass is 127. The van der Waals surface area contributed by atoms with Crippen LogP contribution in [0, 0.1) is 3.57 Å². The first kappa shape index (κ1) is 15.0. The molecule has 0 bridgehead atoms. The molecule has 21 heavy (non-hydrogen) atoms. The van der Waals surface area contributed by atoms with Gasteiger partial charge in [0.15, 0.2) is 0 Å². The Morgan fingerprint density at radius 2 is 1.95 bits per heavy atom. The van der Waals surface area contributed by atoms with Gasteiger partial charge in [0.25, 0.3) is 5.91 Å². The number of rotatable bonds is 1. The highest BCUT2D eigenvalue weighted by Crippen LogP contribution is 2.29. The van der Waals surface area contributed by atoms with Gasteiger partial charge in [0.05, 0.1) is 5.56 Å². The van der Waals surface area contributed by atoms with Crippen molar-refractivity contribution in [2.45, 2.75) is 19.3 Å². The van der Waals surface area contributed by atoms with E-state index in [1.807, 2.05) is 29.2 Å². The Morgan fingerprint density at radius 1 is 1.14 bits per heavy atom. The van der Waals surface area contributed by atoms with Gasteiger partial charge in [-0.1, -0.05) is 34.1 Å². The SMILES string of the molecule is O=C(c1cc(Br)ccc1I)N1CCCCc2ccccc21. The minimum absolute atomic E-state index is 0.0926. The predicted molar refractivity (Wildman–Crippen MR) is 97.9 cm³/mol. The predicted octanol–water partition coefficient (Wildman–Crippen LogP) is 5.04. The van der Waals surface area contributed by atoms with Crippen LogP contribution in [0.2, 0.25) is 0 Å². The van der Waals surface area contributed by atoms with Crippen molar-refractivity contribution in [1.29, 1.82) is 0 Å². The van der Waals surface area contributed by atoms with E-state index in [1.54, 1.807) is 0 Å². The molecule has 0 aliphatic carbocycles. The molecular weight excluding hydrogens is 441 g/mol. The number of para-hydroxylation sites is 1. The quantitative estimate of drug-likeness (QED) is 0.552. The monoisotopic (exact) mass is 455 g/mol. The van der Waals surface area contributed by atoms with Gasteiger partial charge in [-0.15, -0.1) is 0 Å². The van der Waals surface area contributed by atoms with E-state index >= 15 is 0 Å². The Balaban J connectivity index is 2.03. The van der Waals surface area contributed by atoms with Gasteiger partial charge in [0.2, 0.25) is 0 Å². The van der Waals surface area contributed by atoms with E-state index in [2.05, 4.69) is 56.7 Å². The largest absolute Gasteiger partial charge is 0.308 e. The Labute approximate surface area is 146 Å². The van der Waals surface area contributed by atoms with Crippen molar-refractivity contribution in [3.63, 3.8) is 0 Å². The van der Waals surface area contributed by atoms with E-state index in [-0.39, 0.29) is 5.91 Å². The molecule has 4 heteroatoms. The third-order valence-electron chi connectivity index (χ3n) is 3.76. The number of hydrogen-bond acceptors (Lipinski definition) is 1. The fraction of sp³-hybridized carbons (Fsp3) is 0.235. The topological polar surface area (TPSA) is 20.3 Å². The van der Waals surface area contributed by atoms with Gasteiger partial charge in [-0.05, 0) is 71.7 Å². The molecule has 1 heterocycles. The molecule has 1 aliphatic heterocycles. The van der Waals surface area contributed by atoms with Crippen LogP contribution in [0.25, 0.3) is 0 Å². The summed E-state index contributed by atoms with van der Waals surface area (Å²) in [7, 11) is 0. The fourth-order valence-electron chi connectivity index (χ4n) is 2.71. The Morgan fingerprint density at radius 3 is 2.81 bits per heavy atom. The molecule has 0 spiro atoms. The third-order valence-corrected chi connectivity index (χ3v) is 5.20. The lowest BCUT2D eigenvalue weighted by atomic mass is 10.1. The van der Waals surface area contributed by atoms with E-state index in [4.69, 9.17) is 0 Å². The Hall–Kier alpha value is -0.880. The normalized spacial score (nSPS) is 14.5. The maximum atomic E-state index is 13.0. The first-order chi connectivity index (χ1) is 10.2. The molecule has 0 aromatic heterocycles. The Bertz CT molecular complexity index is 686. The van der Waals surface area contributed by atoms with E-state index < -0.39 is 0 Å². The molecule has 2 nitrogen and oxygen atoms in total. The summed E-state index contributed by atoms with van der Waals surface area (Å²) in [6, 6.07) is 14.1. The van der Waals surface area contributed by atoms with Gasteiger partial charge in [-0.3, -0.25) is 4.79 Å². The molecule has 0 unspecified atom stereocenters. The lowest BCUT2D eigenvalue weighted by molar-refractivity contribution is 0.0986. The van der Waals surface area contributed by atoms with Crippen molar-refractivity contribution in [1.82, 2.24) is 0 Å². The summed E-state index contributed by atoms with van der Waals surface area (Å²) in [5.41, 5.74) is 3.10. The molecule has 1 amide bonds. The molecule has 0 atom stereocenters. The van der Waals surface area contributed by atoms with E-state index in [0.717, 1.165) is 45.1 Å². The molecule has 3 rings (SSSR count). The van der Waals surface area contributed by atoms with Crippen molar-refractivity contribution < 1.29 is 4.79 Å². The van der Waals surface area contributed by atoms with Crippen molar-refractivity contribution in [3.05, 3.63) is 61.6 Å². The first-order valence-corrected chi connectivity index (χ1v) is 8.89. The van der Waals surface area contributed by atoms with Crippen molar-refractivity contribution in [2.75, 3.05) is 11.4 Å². The number of carbonyl (C=O) groups is 1. The van der Waals surface area contributed by atoms with Gasteiger partial charge >= 0.3 is 0 Å². The zero-order valence-corrected chi connectivity index (χ0v) is 15.2. The highest BCUT2D eigenvalue weighted by molar-refractivity contribution is 14.1. The number of hydrogen-bond donors (Lipinski definition) is 0. The van der Waals surface area contributed by atoms with Crippen molar-refractivity contribution >= 4 is 50.1 Å². The Kier molecular flexibility index (Phi) is 4.64. The summed E-state index contributed by atoms with van der Waals surface area (Å²) in [5.74, 6) is 0.0926. The van der Waals surface area contributed by atoms with Crippen LogP contribution in [0.5, 0.6) is 0 Å². The molecule has 0 radical (unpaired) electrons. The van der Waals surface area contributed by atoms with Crippen LogP contribution >= 0.6 is 38.5 Å². The molecular formula is C17H15BrINO. The first-order valence-electron chi connectivity index (χ1n) is 7.01. The van der Waals surface area contributed by atoms with Crippen LogP contribution in [-0.2, 0) is 6.42 Å². The third kappa shape index (κ3) is 3.16. The van der Waals surface area contributed by atoms with Gasteiger partial charge in [0, 0.05) is 20.3 Å². The number of benzene rings is 2. The van der Waals surface area contributed by atoms with Crippen molar-refractivity contribution in [3.8, 4) is 0 Å². The number of anilines is 1. The summed E-state index contributed by atoms with van der Waals surface area (Å²) < 4.78 is 1.93. The minimum atomic E-state index is 0.0926. The summed E-state index contributed by atoms with van der Waals surface area (Å²) >= 11 is 5.69. The zero-order chi connectivity index (χ0) is 14.8. The number of fused-ring (bicyclic) bond motifs is 1. The average molecular weight is 456 g/mol. The second-order valence-corrected chi connectivity index (χ2v) is 7.24. The lowest BCUT2D eigenvalue weighted by Crippen LogP contribution is -2.32. The summed E-state index contributed by atoms with van der Waals surface area (Å²) in [6.07, 6.45) is 3.23. The molecule has 0 fully saturated rings. The van der Waals surface area contributed by atoms with Gasteiger partial charge in [-0.25, -0.2) is 0 Å². The number of aryl methyl sites for hydroxylation is 1. The second-order valence-electron chi connectivity index (χ2n) is 5.17. The van der Waals surface area contributed by atoms with Gasteiger partial charge in [-0.2, -0.15) is 0 Å². The van der Waals surface area contributed by atoms with Crippen LogP contribution in [-0.4, -0.2) is 12.5 Å². The maximum absolute atomic E-state index is 13.0. The van der Waals surface area contributed by atoms with Crippen LogP contribution in [0.15, 0.2) is 46.9 Å². The lowest BCUT2D eigenvalue weighted by Gasteiger charge is -2.23. The van der Waals surface area contributed by atoms with Crippen LogP contribution in [0.1, 0.15) is 28.8 Å². The number of amides is 1. The molecule has 108 valence electrons. The number of halogens is 2. The second kappa shape index (κ2) is 6.48. The summed E-state index contributed by atoms with van der Waals surface area (Å²) in [5, 5.41) is 0. The molecule has 2 aromatic carbocycles. The fourth-order valence-corrected chi connectivity index (χ4v) is 3.64. The van der Waals surface area contributed by atoms with Gasteiger partial charge in [0.1, 0.15) is 0 Å². The van der Waals surface area contributed by atoms with Crippen molar-refractivity contribution in [2.24, 2.45) is 0 Å². The highest BCUT2D eigenvalue weighted by Gasteiger charge is 2.23. The van der Waals surface area contributed by atoms with Gasteiger partial charge < -0.3 is 4.90 Å². The average Bonchev–Trinajstić information content (AvgIpc) is 2.71. The molecule has 0 saturated heterocycles. The summed E-state index contributed by atoms with van der Waals surface area (Å²) in [6.45, 7) is 0.790. The van der Waals surface area contributed by atoms with E-state index in [0.29, 0.717) is 0 Å². The van der Waals surface area contributed by atoms with Crippen LogP contribution in [0.3, 0.4) is 0 Å². The summed E-state index contributed by atoms with van der Waals surface area (Å²) in [4.78, 5) is 14.9. The standard InChI is InChI=1S/C17H15BrINO/c18-13-8-9-15(19)14(11-13)17(21)20-10-4-3-6-12-5-1-2-7-16(12)20/h1-2,5,7-9,11H,3-4,6,10H2. The van der Waals surface area contributed by atoms with Crippen LogP contribution in [0.4, 0.5) is 5.69 Å². The molecule has 0 saturated carbocycles. The molecule has 1 aliphatic rings. The molecule has 0 N–H and O–H groups in total. The van der Waals surface area contributed by atoms with E-state index in [1.165, 1.54) is 5.56 Å². The molecule has 2 aromatic rings. The maximum Gasteiger partial charge on any atom is 0.259 e. The minimum Gasteiger partial charge on any atom is -0.308 e. The van der Waals surface area contributed by atoms with Crippen LogP contribution < -0.4 is 4.90 Å². The zero-order valence-electron chi connectivity index (χ0n) is 11.5. The number of nitrogens with zero attached hydrogens (tertiary/aromatic N) is 1. The smallest absolute Gasteiger partial charge is 0.259 e. The van der Waals surface area contributed by atoms with E-state index in [9.17, 15) is 4.79 Å². The number of carbonyl (C=O) groups excluding carboxylic acids is 1.